The highest BCUT2D eigenvalue weighted by atomic mass is 79.9. The molecule has 0 N–H and O–H groups in total. The van der Waals surface area contributed by atoms with Crippen LogP contribution in [0.15, 0.2) is 28.7 Å². The SMILES string of the molecule is Brc1cccc(CC(Br)CC2CCCC2)c1. The molecular weight excluding hydrogens is 328 g/mol. The Kier molecular flexibility index (Phi) is 4.90. The summed E-state index contributed by atoms with van der Waals surface area (Å²) in [7, 11) is 0. The van der Waals surface area contributed by atoms with E-state index in [1.807, 2.05) is 0 Å². The summed E-state index contributed by atoms with van der Waals surface area (Å²) in [5.41, 5.74) is 1.43. The van der Waals surface area contributed by atoms with Gasteiger partial charge in [-0.25, -0.2) is 0 Å². The molecule has 2 rings (SSSR count). The third-order valence-corrected chi connectivity index (χ3v) is 4.60. The van der Waals surface area contributed by atoms with Crippen molar-refractivity contribution in [2.24, 2.45) is 5.92 Å². The highest BCUT2D eigenvalue weighted by Crippen LogP contribution is 2.31. The van der Waals surface area contributed by atoms with Gasteiger partial charge in [-0.2, -0.15) is 0 Å². The Labute approximate surface area is 115 Å². The predicted octanol–water partition coefficient (Wildman–Crippen LogP) is 5.34. The van der Waals surface area contributed by atoms with Gasteiger partial charge in [-0.15, -0.1) is 0 Å². The van der Waals surface area contributed by atoms with Crippen molar-refractivity contribution in [3.05, 3.63) is 34.3 Å². The van der Waals surface area contributed by atoms with Crippen LogP contribution in [-0.2, 0) is 6.42 Å². The lowest BCUT2D eigenvalue weighted by molar-refractivity contribution is 0.495. The van der Waals surface area contributed by atoms with Crippen LogP contribution in [0.4, 0.5) is 0 Å². The van der Waals surface area contributed by atoms with Gasteiger partial charge < -0.3 is 0 Å². The first-order valence-electron chi connectivity index (χ1n) is 6.12. The van der Waals surface area contributed by atoms with Crippen LogP contribution in [0.3, 0.4) is 0 Å². The molecule has 1 aromatic carbocycles. The number of benzene rings is 1. The van der Waals surface area contributed by atoms with Crippen molar-refractivity contribution in [2.75, 3.05) is 0 Å². The fraction of sp³-hybridized carbons (Fsp3) is 0.571. The lowest BCUT2D eigenvalue weighted by Gasteiger charge is -2.14. The van der Waals surface area contributed by atoms with Gasteiger partial charge >= 0.3 is 0 Å². The Morgan fingerprint density at radius 1 is 1.25 bits per heavy atom. The second-order valence-electron chi connectivity index (χ2n) is 4.82. The quantitative estimate of drug-likeness (QED) is 0.646. The zero-order valence-corrected chi connectivity index (χ0v) is 12.6. The highest BCUT2D eigenvalue weighted by Gasteiger charge is 2.18. The van der Waals surface area contributed by atoms with Crippen LogP contribution in [0.25, 0.3) is 0 Å². The summed E-state index contributed by atoms with van der Waals surface area (Å²) in [6.07, 6.45) is 8.27. The average Bonchev–Trinajstić information content (AvgIpc) is 2.70. The minimum atomic E-state index is 0.643. The molecule has 1 atom stereocenters. The molecule has 1 saturated carbocycles. The van der Waals surface area contributed by atoms with Crippen molar-refractivity contribution in [1.82, 2.24) is 0 Å². The molecule has 1 aliphatic carbocycles. The van der Waals surface area contributed by atoms with Crippen LogP contribution in [0.5, 0.6) is 0 Å². The van der Waals surface area contributed by atoms with Gasteiger partial charge in [0.2, 0.25) is 0 Å². The summed E-state index contributed by atoms with van der Waals surface area (Å²) in [5, 5.41) is 0. The van der Waals surface area contributed by atoms with E-state index < -0.39 is 0 Å². The van der Waals surface area contributed by atoms with Crippen LogP contribution in [0, 0.1) is 5.92 Å². The first kappa shape index (κ1) is 12.6. The molecule has 0 spiro atoms. The molecule has 0 amide bonds. The Hall–Kier alpha value is 0.180. The summed E-state index contributed by atoms with van der Waals surface area (Å²) in [6.45, 7) is 0. The summed E-state index contributed by atoms with van der Waals surface area (Å²) in [5.74, 6) is 0.969. The fourth-order valence-corrected chi connectivity index (χ4v) is 3.96. The van der Waals surface area contributed by atoms with E-state index in [0.29, 0.717) is 4.83 Å². The minimum Gasteiger partial charge on any atom is -0.0887 e. The van der Waals surface area contributed by atoms with Gasteiger partial charge in [0, 0.05) is 9.30 Å². The van der Waals surface area contributed by atoms with Crippen LogP contribution >= 0.6 is 31.9 Å². The van der Waals surface area contributed by atoms with Gasteiger partial charge in [-0.1, -0.05) is 69.7 Å². The standard InChI is InChI=1S/C14H18Br2/c15-13-7-3-6-12(9-13)10-14(16)8-11-4-1-2-5-11/h3,6-7,9,11,14H,1-2,4-5,8,10H2. The van der Waals surface area contributed by atoms with Crippen molar-refractivity contribution in [1.29, 1.82) is 0 Å². The van der Waals surface area contributed by atoms with Crippen molar-refractivity contribution < 1.29 is 0 Å². The maximum Gasteiger partial charge on any atom is 0.0188 e. The molecule has 1 fully saturated rings. The molecule has 1 aromatic rings. The molecule has 0 aromatic heterocycles. The first-order valence-corrected chi connectivity index (χ1v) is 7.83. The predicted molar refractivity (Wildman–Crippen MR) is 77.1 cm³/mol. The molecule has 16 heavy (non-hydrogen) atoms. The molecule has 0 aliphatic heterocycles. The molecule has 2 heteroatoms. The van der Waals surface area contributed by atoms with Crippen LogP contribution in [-0.4, -0.2) is 4.83 Å². The molecule has 0 bridgehead atoms. The van der Waals surface area contributed by atoms with Gasteiger partial charge in [0.15, 0.2) is 0 Å². The van der Waals surface area contributed by atoms with E-state index in [2.05, 4.69) is 56.1 Å². The number of alkyl halides is 1. The molecule has 88 valence electrons. The van der Waals surface area contributed by atoms with E-state index in [1.54, 1.807) is 0 Å². The summed E-state index contributed by atoms with van der Waals surface area (Å²) >= 11 is 7.36. The summed E-state index contributed by atoms with van der Waals surface area (Å²) < 4.78 is 1.19. The van der Waals surface area contributed by atoms with Crippen molar-refractivity contribution in [3.8, 4) is 0 Å². The Balaban J connectivity index is 1.84. The molecule has 1 unspecified atom stereocenters. The van der Waals surface area contributed by atoms with Gasteiger partial charge in [0.25, 0.3) is 0 Å². The van der Waals surface area contributed by atoms with Gasteiger partial charge in [-0.05, 0) is 36.5 Å². The number of rotatable bonds is 4. The Morgan fingerprint density at radius 2 is 2.00 bits per heavy atom. The first-order chi connectivity index (χ1) is 7.74. The average molecular weight is 346 g/mol. The summed E-state index contributed by atoms with van der Waals surface area (Å²) in [6, 6.07) is 8.65. The van der Waals surface area contributed by atoms with Crippen LogP contribution < -0.4 is 0 Å². The second kappa shape index (κ2) is 6.20. The van der Waals surface area contributed by atoms with Crippen LogP contribution in [0.2, 0.25) is 0 Å². The molecule has 0 radical (unpaired) electrons. The Bertz CT molecular complexity index is 329. The highest BCUT2D eigenvalue weighted by molar-refractivity contribution is 9.10. The Morgan fingerprint density at radius 3 is 2.69 bits per heavy atom. The lowest BCUT2D eigenvalue weighted by atomic mass is 9.98. The normalized spacial score (nSPS) is 18.9. The molecule has 0 nitrogen and oxygen atoms in total. The van der Waals surface area contributed by atoms with Crippen molar-refractivity contribution >= 4 is 31.9 Å². The smallest absolute Gasteiger partial charge is 0.0188 e. The summed E-state index contributed by atoms with van der Waals surface area (Å²) in [4.78, 5) is 0.643. The monoisotopic (exact) mass is 344 g/mol. The molecule has 1 aliphatic rings. The minimum absolute atomic E-state index is 0.643. The van der Waals surface area contributed by atoms with E-state index in [4.69, 9.17) is 0 Å². The molecular formula is C14H18Br2. The zero-order chi connectivity index (χ0) is 11.4. The topological polar surface area (TPSA) is 0 Å². The van der Waals surface area contributed by atoms with E-state index >= 15 is 0 Å². The number of halogens is 2. The van der Waals surface area contributed by atoms with Gasteiger partial charge in [0.1, 0.15) is 0 Å². The number of hydrogen-bond donors (Lipinski definition) is 0. The van der Waals surface area contributed by atoms with Crippen molar-refractivity contribution in [2.45, 2.75) is 43.4 Å². The fourth-order valence-electron chi connectivity index (χ4n) is 2.61. The third-order valence-electron chi connectivity index (χ3n) is 3.41. The van der Waals surface area contributed by atoms with E-state index in [9.17, 15) is 0 Å². The number of hydrogen-bond acceptors (Lipinski definition) is 0. The molecule has 0 heterocycles. The third kappa shape index (κ3) is 3.89. The van der Waals surface area contributed by atoms with Crippen LogP contribution in [0.1, 0.15) is 37.7 Å². The zero-order valence-electron chi connectivity index (χ0n) is 9.46. The largest absolute Gasteiger partial charge is 0.0887 e. The second-order valence-corrected chi connectivity index (χ2v) is 7.03. The van der Waals surface area contributed by atoms with E-state index in [1.165, 1.54) is 42.1 Å². The van der Waals surface area contributed by atoms with Gasteiger partial charge in [-0.3, -0.25) is 0 Å². The van der Waals surface area contributed by atoms with E-state index in [-0.39, 0.29) is 0 Å². The van der Waals surface area contributed by atoms with Gasteiger partial charge in [0.05, 0.1) is 0 Å². The molecule has 0 saturated heterocycles. The van der Waals surface area contributed by atoms with E-state index in [0.717, 1.165) is 12.3 Å². The maximum atomic E-state index is 3.83. The maximum absolute atomic E-state index is 3.83. The lowest BCUT2D eigenvalue weighted by Crippen LogP contribution is -2.08. The van der Waals surface area contributed by atoms with Crippen molar-refractivity contribution in [3.63, 3.8) is 0 Å².